The molecule has 0 aliphatic carbocycles. The SMILES string of the molecule is CCOC(=O)C(NC(=O)NCc1cccnc1)(c1ccccc1)C(CF)(CF)CF. The summed E-state index contributed by atoms with van der Waals surface area (Å²) in [5.74, 6) is -1.15. The average molecular weight is 423 g/mol. The number of alkyl halides is 3. The Hall–Kier alpha value is -3.10. The van der Waals surface area contributed by atoms with E-state index < -0.39 is 43.0 Å². The molecule has 9 heteroatoms. The first-order valence-electron chi connectivity index (χ1n) is 9.35. The number of benzene rings is 1. The Morgan fingerprint density at radius 2 is 1.70 bits per heavy atom. The van der Waals surface area contributed by atoms with Gasteiger partial charge in [-0.25, -0.2) is 9.59 Å². The van der Waals surface area contributed by atoms with Gasteiger partial charge in [-0.3, -0.25) is 18.2 Å². The molecule has 2 N–H and O–H groups in total. The van der Waals surface area contributed by atoms with Crippen LogP contribution in [0.2, 0.25) is 0 Å². The third kappa shape index (κ3) is 4.55. The van der Waals surface area contributed by atoms with Crippen LogP contribution >= 0.6 is 0 Å². The first-order chi connectivity index (χ1) is 14.5. The van der Waals surface area contributed by atoms with Crippen molar-refractivity contribution in [3.8, 4) is 0 Å². The molecule has 1 atom stereocenters. The minimum atomic E-state index is -2.51. The Labute approximate surface area is 172 Å². The highest BCUT2D eigenvalue weighted by atomic mass is 19.1. The fraction of sp³-hybridized carbons (Fsp3) is 0.381. The van der Waals surface area contributed by atoms with E-state index in [1.807, 2.05) is 0 Å². The van der Waals surface area contributed by atoms with Crippen molar-refractivity contribution < 1.29 is 27.5 Å². The van der Waals surface area contributed by atoms with Gasteiger partial charge >= 0.3 is 12.0 Å². The van der Waals surface area contributed by atoms with Crippen molar-refractivity contribution in [2.45, 2.75) is 19.0 Å². The first-order valence-corrected chi connectivity index (χ1v) is 9.35. The Morgan fingerprint density at radius 3 is 2.23 bits per heavy atom. The van der Waals surface area contributed by atoms with Gasteiger partial charge in [0.1, 0.15) is 20.0 Å². The fourth-order valence-electron chi connectivity index (χ4n) is 3.13. The van der Waals surface area contributed by atoms with Gasteiger partial charge in [0, 0.05) is 18.9 Å². The van der Waals surface area contributed by atoms with Gasteiger partial charge < -0.3 is 15.4 Å². The number of aromatic nitrogens is 1. The molecule has 1 unspecified atom stereocenters. The van der Waals surface area contributed by atoms with Gasteiger partial charge in [0.2, 0.25) is 0 Å². The number of esters is 1. The van der Waals surface area contributed by atoms with E-state index in [1.165, 1.54) is 37.4 Å². The van der Waals surface area contributed by atoms with Crippen LogP contribution in [0, 0.1) is 5.41 Å². The summed E-state index contributed by atoms with van der Waals surface area (Å²) in [5, 5.41) is 4.83. The largest absolute Gasteiger partial charge is 0.464 e. The zero-order chi connectivity index (χ0) is 22.0. The quantitative estimate of drug-likeness (QED) is 0.575. The Balaban J connectivity index is 2.50. The minimum Gasteiger partial charge on any atom is -0.464 e. The summed E-state index contributed by atoms with van der Waals surface area (Å²) in [4.78, 5) is 29.6. The third-order valence-electron chi connectivity index (χ3n) is 4.83. The summed E-state index contributed by atoms with van der Waals surface area (Å²) in [6, 6.07) is 9.86. The molecule has 1 aromatic carbocycles. The number of carbonyl (C=O) groups excluding carboxylic acids is 2. The van der Waals surface area contributed by atoms with Crippen molar-refractivity contribution >= 4 is 12.0 Å². The van der Waals surface area contributed by atoms with Crippen molar-refractivity contribution in [2.75, 3.05) is 26.6 Å². The molecule has 2 aromatic rings. The molecule has 30 heavy (non-hydrogen) atoms. The number of amides is 2. The Kier molecular flexibility index (Phi) is 8.20. The lowest BCUT2D eigenvalue weighted by atomic mass is 9.67. The maximum Gasteiger partial charge on any atom is 0.337 e. The minimum absolute atomic E-state index is 0.00734. The predicted octanol–water partition coefficient (Wildman–Crippen LogP) is 3.23. The topological polar surface area (TPSA) is 80.3 Å². The lowest BCUT2D eigenvalue weighted by Crippen LogP contribution is -2.67. The number of urea groups is 1. The second-order valence-corrected chi connectivity index (χ2v) is 6.69. The second kappa shape index (κ2) is 10.6. The van der Waals surface area contributed by atoms with Gasteiger partial charge in [-0.15, -0.1) is 0 Å². The van der Waals surface area contributed by atoms with Gasteiger partial charge in [-0.05, 0) is 24.1 Å². The van der Waals surface area contributed by atoms with Crippen LogP contribution in [0.5, 0.6) is 0 Å². The molecule has 162 valence electrons. The molecule has 0 radical (unpaired) electrons. The van der Waals surface area contributed by atoms with E-state index in [1.54, 1.807) is 24.4 Å². The molecule has 0 saturated carbocycles. The summed E-state index contributed by atoms with van der Waals surface area (Å²) in [6.45, 7) is -3.24. The van der Waals surface area contributed by atoms with Gasteiger partial charge in [-0.2, -0.15) is 0 Å². The molecule has 0 aliphatic heterocycles. The zero-order valence-electron chi connectivity index (χ0n) is 16.5. The monoisotopic (exact) mass is 423 g/mol. The normalized spacial score (nSPS) is 13.2. The van der Waals surface area contributed by atoms with Gasteiger partial charge in [0.25, 0.3) is 0 Å². The number of rotatable bonds is 10. The molecule has 2 rings (SSSR count). The zero-order valence-corrected chi connectivity index (χ0v) is 16.5. The second-order valence-electron chi connectivity index (χ2n) is 6.69. The molecular weight excluding hydrogens is 399 g/mol. The van der Waals surface area contributed by atoms with Crippen LogP contribution in [0.1, 0.15) is 18.1 Å². The van der Waals surface area contributed by atoms with Crippen LogP contribution in [0.15, 0.2) is 54.9 Å². The Morgan fingerprint density at radius 1 is 1.03 bits per heavy atom. The van der Waals surface area contributed by atoms with Crippen LogP contribution in [0.4, 0.5) is 18.0 Å². The number of halogens is 3. The van der Waals surface area contributed by atoms with Gasteiger partial charge in [-0.1, -0.05) is 36.4 Å². The van der Waals surface area contributed by atoms with E-state index in [9.17, 15) is 22.8 Å². The molecule has 1 aromatic heterocycles. The van der Waals surface area contributed by atoms with Crippen LogP contribution in [-0.2, 0) is 21.6 Å². The van der Waals surface area contributed by atoms with Crippen molar-refractivity contribution in [3.63, 3.8) is 0 Å². The highest BCUT2D eigenvalue weighted by molar-refractivity contribution is 5.90. The highest BCUT2D eigenvalue weighted by Crippen LogP contribution is 2.43. The Bertz CT molecular complexity index is 812. The number of nitrogens with zero attached hydrogens (tertiary/aromatic N) is 1. The average Bonchev–Trinajstić information content (AvgIpc) is 2.79. The first kappa shape index (κ1) is 23.2. The van der Waals surface area contributed by atoms with E-state index in [4.69, 9.17) is 4.74 Å². The van der Waals surface area contributed by atoms with E-state index in [0.717, 1.165) is 0 Å². The summed E-state index contributed by atoms with van der Waals surface area (Å²) >= 11 is 0. The summed E-state index contributed by atoms with van der Waals surface area (Å²) in [7, 11) is 0. The number of hydrogen-bond donors (Lipinski definition) is 2. The van der Waals surface area contributed by atoms with Crippen molar-refractivity contribution in [3.05, 3.63) is 66.0 Å². The molecule has 0 spiro atoms. The van der Waals surface area contributed by atoms with Gasteiger partial charge in [0.05, 0.1) is 12.0 Å². The van der Waals surface area contributed by atoms with Crippen molar-refractivity contribution in [2.24, 2.45) is 5.41 Å². The van der Waals surface area contributed by atoms with E-state index >= 15 is 0 Å². The molecule has 2 amide bonds. The standard InChI is InChI=1S/C21H24F3N3O3/c1-2-30-18(28)21(17-8-4-3-5-9-17,20(13-22,14-23)15-24)27-19(29)26-12-16-7-6-10-25-11-16/h3-11H,2,12-15H2,1H3,(H2,26,27,29). The number of pyridine rings is 1. The van der Waals surface area contributed by atoms with Gasteiger partial charge in [0.15, 0.2) is 5.54 Å². The van der Waals surface area contributed by atoms with Crippen molar-refractivity contribution in [1.82, 2.24) is 15.6 Å². The fourth-order valence-corrected chi connectivity index (χ4v) is 3.13. The predicted molar refractivity (Wildman–Crippen MR) is 105 cm³/mol. The molecule has 0 fully saturated rings. The van der Waals surface area contributed by atoms with Crippen LogP contribution in [-0.4, -0.2) is 43.6 Å². The smallest absolute Gasteiger partial charge is 0.337 e. The number of carbonyl (C=O) groups is 2. The molecule has 0 bridgehead atoms. The molecule has 0 saturated heterocycles. The third-order valence-corrected chi connectivity index (χ3v) is 4.83. The van der Waals surface area contributed by atoms with Crippen LogP contribution < -0.4 is 10.6 Å². The molecular formula is C21H24F3N3O3. The maximum atomic E-state index is 14.1. The molecule has 0 aliphatic rings. The number of nitrogens with one attached hydrogen (secondary N) is 2. The van der Waals surface area contributed by atoms with Crippen LogP contribution in [0.3, 0.4) is 0 Å². The lowest BCUT2D eigenvalue weighted by molar-refractivity contribution is -0.161. The highest BCUT2D eigenvalue weighted by Gasteiger charge is 2.61. The van der Waals surface area contributed by atoms with E-state index in [-0.39, 0.29) is 18.7 Å². The van der Waals surface area contributed by atoms with Crippen LogP contribution in [0.25, 0.3) is 0 Å². The van der Waals surface area contributed by atoms with E-state index in [2.05, 4.69) is 15.6 Å². The molecule has 6 nitrogen and oxygen atoms in total. The number of ether oxygens (including phenoxy) is 1. The van der Waals surface area contributed by atoms with Crippen molar-refractivity contribution in [1.29, 1.82) is 0 Å². The summed E-state index contributed by atoms with van der Waals surface area (Å²) in [6.07, 6.45) is 3.08. The number of hydrogen-bond acceptors (Lipinski definition) is 4. The lowest BCUT2D eigenvalue weighted by Gasteiger charge is -2.44. The maximum absolute atomic E-state index is 14.1. The summed E-state index contributed by atoms with van der Waals surface area (Å²) < 4.78 is 47.4. The van der Waals surface area contributed by atoms with E-state index in [0.29, 0.717) is 5.56 Å². The summed E-state index contributed by atoms with van der Waals surface area (Å²) in [5.41, 5.74) is -4.27. The molecule has 1 heterocycles.